The Morgan fingerprint density at radius 3 is 2.27 bits per heavy atom. The minimum Gasteiger partial charge on any atom is -0.487 e. The molecule has 110 valence electrons. The van der Waals surface area contributed by atoms with Crippen LogP contribution in [0.4, 0.5) is 5.82 Å². The number of hydrogen-bond donors (Lipinski definition) is 1. The quantitative estimate of drug-likeness (QED) is 0.753. The molecular formula is C18H17N3O. The summed E-state index contributed by atoms with van der Waals surface area (Å²) in [5.74, 6) is 1.71. The van der Waals surface area contributed by atoms with Crippen LogP contribution in [0.25, 0.3) is 0 Å². The monoisotopic (exact) mass is 291 g/mol. The molecule has 0 aliphatic carbocycles. The van der Waals surface area contributed by atoms with Crippen LogP contribution >= 0.6 is 0 Å². The molecule has 0 fully saturated rings. The first-order chi connectivity index (χ1) is 10.9. The largest absolute Gasteiger partial charge is 0.487 e. The number of pyridine rings is 2. The van der Waals surface area contributed by atoms with E-state index in [0.717, 1.165) is 23.8 Å². The van der Waals surface area contributed by atoms with Crippen LogP contribution in [0.2, 0.25) is 0 Å². The summed E-state index contributed by atoms with van der Waals surface area (Å²) >= 11 is 0. The zero-order valence-electron chi connectivity index (χ0n) is 12.1. The fourth-order valence-electron chi connectivity index (χ4n) is 2.00. The molecule has 0 radical (unpaired) electrons. The van der Waals surface area contributed by atoms with Crippen molar-refractivity contribution >= 4 is 5.82 Å². The molecule has 3 aromatic rings. The fraction of sp³-hybridized carbons (Fsp3) is 0.111. The molecule has 4 nitrogen and oxygen atoms in total. The van der Waals surface area contributed by atoms with Gasteiger partial charge in [0.2, 0.25) is 0 Å². The molecule has 1 aromatic carbocycles. The zero-order chi connectivity index (χ0) is 15.0. The molecule has 0 saturated carbocycles. The van der Waals surface area contributed by atoms with Crippen molar-refractivity contribution in [1.82, 2.24) is 9.97 Å². The van der Waals surface area contributed by atoms with Gasteiger partial charge in [-0.2, -0.15) is 0 Å². The van der Waals surface area contributed by atoms with Gasteiger partial charge in [-0.25, -0.2) is 4.98 Å². The van der Waals surface area contributed by atoms with Gasteiger partial charge in [0.15, 0.2) is 0 Å². The Kier molecular flexibility index (Phi) is 4.62. The van der Waals surface area contributed by atoms with E-state index in [-0.39, 0.29) is 0 Å². The van der Waals surface area contributed by atoms with Crippen molar-refractivity contribution in [3.63, 3.8) is 0 Å². The molecule has 3 rings (SSSR count). The normalized spacial score (nSPS) is 10.2. The predicted molar refractivity (Wildman–Crippen MR) is 86.6 cm³/mol. The highest BCUT2D eigenvalue weighted by Crippen LogP contribution is 2.14. The highest BCUT2D eigenvalue weighted by atomic mass is 16.5. The molecular weight excluding hydrogens is 274 g/mol. The minimum absolute atomic E-state index is 0.479. The second-order valence-electron chi connectivity index (χ2n) is 4.82. The Bertz CT molecular complexity index is 622. The summed E-state index contributed by atoms with van der Waals surface area (Å²) in [6.45, 7) is 1.21. The molecule has 0 aliphatic heterocycles. The van der Waals surface area contributed by atoms with Gasteiger partial charge in [0.05, 0.1) is 5.69 Å². The molecule has 22 heavy (non-hydrogen) atoms. The Hall–Kier alpha value is -2.88. The highest BCUT2D eigenvalue weighted by Gasteiger charge is 1.98. The van der Waals surface area contributed by atoms with E-state index in [1.54, 1.807) is 12.4 Å². The Morgan fingerprint density at radius 2 is 1.59 bits per heavy atom. The van der Waals surface area contributed by atoms with Crippen molar-refractivity contribution in [2.75, 3.05) is 5.32 Å². The number of nitrogens with one attached hydrogen (secondary N) is 1. The average molecular weight is 291 g/mol. The SMILES string of the molecule is c1ccc(COc2ccc(CNc3ccccn3)cc2)nc1. The maximum atomic E-state index is 5.71. The van der Waals surface area contributed by atoms with Crippen LogP contribution in [0.5, 0.6) is 5.75 Å². The first-order valence-corrected chi connectivity index (χ1v) is 7.17. The van der Waals surface area contributed by atoms with E-state index in [0.29, 0.717) is 6.61 Å². The van der Waals surface area contributed by atoms with Crippen molar-refractivity contribution in [3.8, 4) is 5.75 Å². The summed E-state index contributed by atoms with van der Waals surface area (Å²) in [6.07, 6.45) is 3.54. The zero-order valence-corrected chi connectivity index (χ0v) is 12.1. The molecule has 0 spiro atoms. The van der Waals surface area contributed by atoms with E-state index < -0.39 is 0 Å². The molecule has 0 bridgehead atoms. The van der Waals surface area contributed by atoms with Gasteiger partial charge in [-0.1, -0.05) is 24.3 Å². The van der Waals surface area contributed by atoms with E-state index in [2.05, 4.69) is 15.3 Å². The maximum absolute atomic E-state index is 5.71. The smallest absolute Gasteiger partial charge is 0.130 e. The molecule has 0 aliphatic rings. The predicted octanol–water partition coefficient (Wildman–Crippen LogP) is 3.67. The van der Waals surface area contributed by atoms with Gasteiger partial charge < -0.3 is 10.1 Å². The standard InChI is InChI=1S/C18H17N3O/c1-3-11-19-16(5-1)14-22-17-9-7-15(8-10-17)13-21-18-6-2-4-12-20-18/h1-12H,13-14H2,(H,20,21). The van der Waals surface area contributed by atoms with Crippen LogP contribution < -0.4 is 10.1 Å². The molecule has 1 N–H and O–H groups in total. The number of ether oxygens (including phenoxy) is 1. The van der Waals surface area contributed by atoms with Crippen molar-refractivity contribution in [3.05, 3.63) is 84.3 Å². The van der Waals surface area contributed by atoms with Gasteiger partial charge in [0.25, 0.3) is 0 Å². The van der Waals surface area contributed by atoms with Crippen LogP contribution in [-0.2, 0) is 13.2 Å². The van der Waals surface area contributed by atoms with E-state index in [4.69, 9.17) is 4.74 Å². The van der Waals surface area contributed by atoms with Crippen molar-refractivity contribution in [1.29, 1.82) is 0 Å². The van der Waals surface area contributed by atoms with Crippen molar-refractivity contribution in [2.45, 2.75) is 13.2 Å². The van der Waals surface area contributed by atoms with Gasteiger partial charge >= 0.3 is 0 Å². The lowest BCUT2D eigenvalue weighted by Gasteiger charge is -2.08. The first kappa shape index (κ1) is 14.1. The number of nitrogens with zero attached hydrogens (tertiary/aromatic N) is 2. The number of benzene rings is 1. The summed E-state index contributed by atoms with van der Waals surface area (Å²) in [5, 5.41) is 3.28. The molecule has 0 saturated heterocycles. The third kappa shape index (κ3) is 4.06. The fourth-order valence-corrected chi connectivity index (χ4v) is 2.00. The Balaban J connectivity index is 1.52. The van der Waals surface area contributed by atoms with Crippen LogP contribution in [0.1, 0.15) is 11.3 Å². The number of rotatable bonds is 6. The lowest BCUT2D eigenvalue weighted by atomic mass is 10.2. The summed E-state index contributed by atoms with van der Waals surface area (Å²) in [6, 6.07) is 19.6. The molecule has 2 heterocycles. The maximum Gasteiger partial charge on any atom is 0.130 e. The lowest BCUT2D eigenvalue weighted by molar-refractivity contribution is 0.301. The van der Waals surface area contributed by atoms with Gasteiger partial charge in [0, 0.05) is 18.9 Å². The number of aromatic nitrogens is 2. The van der Waals surface area contributed by atoms with Gasteiger partial charge in [0.1, 0.15) is 18.2 Å². The summed E-state index contributed by atoms with van der Waals surface area (Å²) in [7, 11) is 0. The van der Waals surface area contributed by atoms with E-state index >= 15 is 0 Å². The van der Waals surface area contributed by atoms with E-state index in [1.165, 1.54) is 5.56 Å². The minimum atomic E-state index is 0.479. The van der Waals surface area contributed by atoms with E-state index in [9.17, 15) is 0 Å². The molecule has 2 aromatic heterocycles. The Morgan fingerprint density at radius 1 is 0.818 bits per heavy atom. The summed E-state index contributed by atoms with van der Waals surface area (Å²) in [5.41, 5.74) is 2.10. The van der Waals surface area contributed by atoms with Crippen LogP contribution in [0.15, 0.2) is 73.1 Å². The topological polar surface area (TPSA) is 47.0 Å². The number of anilines is 1. The van der Waals surface area contributed by atoms with E-state index in [1.807, 2.05) is 60.7 Å². The third-order valence-electron chi connectivity index (χ3n) is 3.17. The number of hydrogen-bond acceptors (Lipinski definition) is 4. The first-order valence-electron chi connectivity index (χ1n) is 7.17. The molecule has 4 heteroatoms. The third-order valence-corrected chi connectivity index (χ3v) is 3.17. The van der Waals surface area contributed by atoms with Crippen LogP contribution in [0.3, 0.4) is 0 Å². The molecule has 0 unspecified atom stereocenters. The molecule has 0 amide bonds. The molecule has 0 atom stereocenters. The van der Waals surface area contributed by atoms with Gasteiger partial charge in [-0.3, -0.25) is 4.98 Å². The Labute approximate surface area is 129 Å². The second kappa shape index (κ2) is 7.22. The van der Waals surface area contributed by atoms with Crippen LogP contribution in [-0.4, -0.2) is 9.97 Å². The summed E-state index contributed by atoms with van der Waals surface area (Å²) in [4.78, 5) is 8.46. The van der Waals surface area contributed by atoms with Crippen molar-refractivity contribution in [2.24, 2.45) is 0 Å². The van der Waals surface area contributed by atoms with Crippen LogP contribution in [0, 0.1) is 0 Å². The highest BCUT2D eigenvalue weighted by molar-refractivity contribution is 5.36. The van der Waals surface area contributed by atoms with Gasteiger partial charge in [-0.15, -0.1) is 0 Å². The van der Waals surface area contributed by atoms with Gasteiger partial charge in [-0.05, 0) is 42.0 Å². The lowest BCUT2D eigenvalue weighted by Crippen LogP contribution is -2.01. The van der Waals surface area contributed by atoms with Crippen molar-refractivity contribution < 1.29 is 4.74 Å². The second-order valence-corrected chi connectivity index (χ2v) is 4.82. The summed E-state index contributed by atoms with van der Waals surface area (Å²) < 4.78 is 5.71. The average Bonchev–Trinajstić information content (AvgIpc) is 2.61.